The fraction of sp³-hybridized carbons (Fsp3) is 0. The van der Waals surface area contributed by atoms with E-state index in [0.717, 1.165) is 10.8 Å². The number of nitriles is 1. The summed E-state index contributed by atoms with van der Waals surface area (Å²) >= 11 is 0. The van der Waals surface area contributed by atoms with E-state index in [-0.39, 0.29) is 0 Å². The minimum atomic E-state index is 0.567. The first-order valence-electron chi connectivity index (χ1n) is 3.91. The summed E-state index contributed by atoms with van der Waals surface area (Å²) in [6.07, 6.45) is 0. The van der Waals surface area contributed by atoms with E-state index < -0.39 is 0 Å². The van der Waals surface area contributed by atoms with Gasteiger partial charge in [-0.1, -0.05) is 18.2 Å². The molecule has 2 heteroatoms. The third-order valence-corrected chi connectivity index (χ3v) is 1.95. The van der Waals surface area contributed by atoms with E-state index in [4.69, 9.17) is 11.0 Å². The molecule has 0 atom stereocenters. The van der Waals surface area contributed by atoms with Crippen molar-refractivity contribution in [1.29, 1.82) is 5.26 Å². The number of nitrogens with two attached hydrogens (primary N) is 1. The van der Waals surface area contributed by atoms with Crippen molar-refractivity contribution in [3.63, 3.8) is 0 Å². The van der Waals surface area contributed by atoms with E-state index >= 15 is 0 Å². The Morgan fingerprint density at radius 1 is 1.31 bits per heavy atom. The first-order valence-corrected chi connectivity index (χ1v) is 3.91. The maximum atomic E-state index is 8.79. The van der Waals surface area contributed by atoms with Crippen LogP contribution < -0.4 is 5.73 Å². The van der Waals surface area contributed by atoms with Crippen LogP contribution in [0.4, 0.5) is 5.69 Å². The minimum Gasteiger partial charge on any atom is -0.399 e. The Hall–Kier alpha value is -2.01. The van der Waals surface area contributed by atoms with Crippen molar-refractivity contribution >= 4 is 16.5 Å². The Morgan fingerprint density at radius 2 is 2.15 bits per heavy atom. The summed E-state index contributed by atoms with van der Waals surface area (Å²) in [4.78, 5) is 0. The fourth-order valence-corrected chi connectivity index (χ4v) is 1.33. The number of nitrogens with zero attached hydrogens (tertiary/aromatic N) is 1. The zero-order chi connectivity index (χ0) is 9.26. The average molecular weight is 167 g/mol. The number of fused-ring (bicyclic) bond motifs is 1. The summed E-state index contributed by atoms with van der Waals surface area (Å²) in [5.74, 6) is 0. The summed E-state index contributed by atoms with van der Waals surface area (Å²) in [6, 6.07) is 14.1. The van der Waals surface area contributed by atoms with Gasteiger partial charge in [-0.15, -0.1) is 0 Å². The molecule has 2 nitrogen and oxygen atoms in total. The van der Waals surface area contributed by atoms with Crippen LogP contribution >= 0.6 is 0 Å². The normalized spacial score (nSPS) is 9.77. The summed E-state index contributed by atoms with van der Waals surface area (Å²) in [5, 5.41) is 10.7. The van der Waals surface area contributed by atoms with Gasteiger partial charge in [0.2, 0.25) is 0 Å². The van der Waals surface area contributed by atoms with Crippen LogP contribution in [0.15, 0.2) is 30.3 Å². The van der Waals surface area contributed by atoms with Crippen LogP contribution in [-0.4, -0.2) is 0 Å². The maximum absolute atomic E-state index is 8.79. The summed E-state index contributed by atoms with van der Waals surface area (Å²) in [5.41, 5.74) is 6.90. The molecule has 0 amide bonds. The van der Waals surface area contributed by atoms with Gasteiger partial charge in [-0.25, -0.2) is 0 Å². The Labute approximate surface area is 76.2 Å². The van der Waals surface area contributed by atoms with E-state index in [1.165, 1.54) is 0 Å². The molecular weight excluding hydrogens is 160 g/mol. The van der Waals surface area contributed by atoms with E-state index in [1.54, 1.807) is 12.1 Å². The van der Waals surface area contributed by atoms with Gasteiger partial charge in [-0.2, -0.15) is 5.26 Å². The Morgan fingerprint density at radius 3 is 2.92 bits per heavy atom. The van der Waals surface area contributed by atoms with Crippen LogP contribution in [0.1, 0.15) is 5.56 Å². The SMILES string of the molecule is N#Cc1[c]ccc2cc(N)ccc12. The molecule has 0 unspecified atom stereocenters. The first kappa shape index (κ1) is 7.63. The van der Waals surface area contributed by atoms with Crippen LogP contribution in [0, 0.1) is 17.4 Å². The van der Waals surface area contributed by atoms with Crippen molar-refractivity contribution in [2.45, 2.75) is 0 Å². The molecule has 0 aliphatic heterocycles. The number of nitrogen functional groups attached to an aromatic ring is 1. The second-order valence-corrected chi connectivity index (χ2v) is 2.81. The van der Waals surface area contributed by atoms with Gasteiger partial charge in [0.1, 0.15) is 6.07 Å². The van der Waals surface area contributed by atoms with Gasteiger partial charge in [0.15, 0.2) is 0 Å². The minimum absolute atomic E-state index is 0.567. The molecule has 0 aromatic heterocycles. The highest BCUT2D eigenvalue weighted by Crippen LogP contribution is 2.19. The van der Waals surface area contributed by atoms with Gasteiger partial charge < -0.3 is 5.73 Å². The van der Waals surface area contributed by atoms with Gasteiger partial charge in [-0.3, -0.25) is 0 Å². The lowest BCUT2D eigenvalue weighted by Gasteiger charge is -1.99. The van der Waals surface area contributed by atoms with Crippen LogP contribution in [0.3, 0.4) is 0 Å². The predicted octanol–water partition coefficient (Wildman–Crippen LogP) is 2.09. The third-order valence-electron chi connectivity index (χ3n) is 1.95. The molecule has 0 aliphatic rings. The molecule has 0 fully saturated rings. The van der Waals surface area contributed by atoms with Gasteiger partial charge in [0.05, 0.1) is 5.56 Å². The Kier molecular flexibility index (Phi) is 1.64. The molecule has 0 spiro atoms. The van der Waals surface area contributed by atoms with Gasteiger partial charge in [-0.05, 0) is 17.5 Å². The summed E-state index contributed by atoms with van der Waals surface area (Å²) in [6.45, 7) is 0. The van der Waals surface area contributed by atoms with E-state index in [1.807, 2.05) is 18.2 Å². The van der Waals surface area contributed by atoms with Crippen LogP contribution in [0.25, 0.3) is 10.8 Å². The second kappa shape index (κ2) is 2.80. The van der Waals surface area contributed by atoms with Crippen molar-refractivity contribution in [2.24, 2.45) is 0 Å². The van der Waals surface area contributed by atoms with Gasteiger partial charge in [0.25, 0.3) is 0 Å². The molecule has 0 saturated heterocycles. The monoisotopic (exact) mass is 167 g/mol. The van der Waals surface area contributed by atoms with Crippen LogP contribution in [0.2, 0.25) is 0 Å². The quantitative estimate of drug-likeness (QED) is 0.611. The van der Waals surface area contributed by atoms with Crippen LogP contribution in [-0.2, 0) is 0 Å². The molecule has 1 radical (unpaired) electrons. The largest absolute Gasteiger partial charge is 0.399 e. The van der Waals surface area contributed by atoms with Crippen molar-refractivity contribution in [3.05, 3.63) is 42.0 Å². The third kappa shape index (κ3) is 1.21. The van der Waals surface area contributed by atoms with Gasteiger partial charge >= 0.3 is 0 Å². The standard InChI is InChI=1S/C11H7N2/c12-7-9-3-1-2-8-6-10(13)4-5-11(8)9/h1-2,4-6H,13H2. The number of rotatable bonds is 0. The molecule has 2 rings (SSSR count). The summed E-state index contributed by atoms with van der Waals surface area (Å²) in [7, 11) is 0. The van der Waals surface area contributed by atoms with Crippen molar-refractivity contribution < 1.29 is 0 Å². The molecule has 0 heterocycles. The molecule has 2 aromatic carbocycles. The average Bonchev–Trinajstić information content (AvgIpc) is 2.16. The van der Waals surface area contributed by atoms with E-state index in [0.29, 0.717) is 11.3 Å². The molecule has 2 N–H and O–H groups in total. The molecule has 0 aliphatic carbocycles. The zero-order valence-electron chi connectivity index (χ0n) is 6.91. The second-order valence-electron chi connectivity index (χ2n) is 2.81. The van der Waals surface area contributed by atoms with Crippen molar-refractivity contribution in [3.8, 4) is 6.07 Å². The van der Waals surface area contributed by atoms with Gasteiger partial charge in [0, 0.05) is 17.1 Å². The Balaban J connectivity index is 2.87. The maximum Gasteiger partial charge on any atom is 0.100 e. The van der Waals surface area contributed by atoms with Crippen LogP contribution in [0.5, 0.6) is 0 Å². The molecular formula is C11H7N2. The molecule has 2 aromatic rings. The van der Waals surface area contributed by atoms with E-state index in [2.05, 4.69) is 12.1 Å². The number of hydrogen-bond acceptors (Lipinski definition) is 2. The van der Waals surface area contributed by atoms with E-state index in [9.17, 15) is 0 Å². The summed E-state index contributed by atoms with van der Waals surface area (Å²) < 4.78 is 0. The molecule has 0 bridgehead atoms. The van der Waals surface area contributed by atoms with Crippen molar-refractivity contribution in [2.75, 3.05) is 5.73 Å². The lowest BCUT2D eigenvalue weighted by Crippen LogP contribution is -1.85. The fourth-order valence-electron chi connectivity index (χ4n) is 1.33. The van der Waals surface area contributed by atoms with Crippen molar-refractivity contribution in [1.82, 2.24) is 0 Å². The smallest absolute Gasteiger partial charge is 0.100 e. The number of benzene rings is 2. The lowest BCUT2D eigenvalue weighted by atomic mass is 10.1. The molecule has 13 heavy (non-hydrogen) atoms. The highest BCUT2D eigenvalue weighted by atomic mass is 14.5. The lowest BCUT2D eigenvalue weighted by molar-refractivity contribution is 1.50. The first-order chi connectivity index (χ1) is 6.31. The highest BCUT2D eigenvalue weighted by Gasteiger charge is 1.99. The number of hydrogen-bond donors (Lipinski definition) is 1. The highest BCUT2D eigenvalue weighted by molar-refractivity contribution is 5.89. The molecule has 0 saturated carbocycles. The molecule has 61 valence electrons. The zero-order valence-corrected chi connectivity index (χ0v) is 6.91. The predicted molar refractivity (Wildman–Crippen MR) is 51.9 cm³/mol. The Bertz CT molecular complexity index is 495. The number of anilines is 1. The topological polar surface area (TPSA) is 49.8 Å².